The molecule has 1 atom stereocenters. The highest BCUT2D eigenvalue weighted by Crippen LogP contribution is 2.25. The number of rotatable bonds is 4. The van der Waals surface area contributed by atoms with Crippen molar-refractivity contribution in [2.45, 2.75) is 6.10 Å². The normalized spacial score (nSPS) is 12.9. The van der Waals surface area contributed by atoms with E-state index in [1.165, 1.54) is 11.3 Å². The first-order valence-corrected chi connectivity index (χ1v) is 4.92. The topological polar surface area (TPSA) is 48.4 Å². The summed E-state index contributed by atoms with van der Waals surface area (Å²) in [5.74, 6) is 0. The lowest BCUT2D eigenvalue weighted by atomic mass is 10.3. The maximum absolute atomic E-state index is 9.61. The Morgan fingerprint density at radius 1 is 1.69 bits per heavy atom. The molecule has 13 heavy (non-hydrogen) atoms. The molecule has 74 valence electrons. The molecule has 0 aromatic carbocycles. The van der Waals surface area contributed by atoms with Crippen LogP contribution in [0.4, 0.5) is 5.13 Å². The van der Waals surface area contributed by atoms with Gasteiger partial charge in [0.1, 0.15) is 6.10 Å². The number of nitrogens with one attached hydrogen (secondary N) is 1. The highest BCUT2D eigenvalue weighted by molar-refractivity contribution is 7.15. The van der Waals surface area contributed by atoms with Crippen molar-refractivity contribution >= 4 is 16.5 Å². The summed E-state index contributed by atoms with van der Waals surface area (Å²) in [5.41, 5.74) is 0. The van der Waals surface area contributed by atoms with Crippen molar-refractivity contribution < 1.29 is 5.11 Å². The Hall–Kier alpha value is -0.650. The Labute approximate surface area is 82.2 Å². The summed E-state index contributed by atoms with van der Waals surface area (Å²) in [7, 11) is 5.69. The number of likely N-dealkylation sites (N-methyl/N-ethyl adjacent to an activating group) is 1. The monoisotopic (exact) mass is 201 g/mol. The van der Waals surface area contributed by atoms with Crippen LogP contribution in [-0.4, -0.2) is 37.8 Å². The lowest BCUT2D eigenvalue weighted by Crippen LogP contribution is -2.15. The molecule has 4 nitrogen and oxygen atoms in total. The Morgan fingerprint density at radius 2 is 2.38 bits per heavy atom. The van der Waals surface area contributed by atoms with E-state index in [2.05, 4.69) is 10.3 Å². The summed E-state index contributed by atoms with van der Waals surface area (Å²) in [4.78, 5) is 7.01. The fraction of sp³-hybridized carbons (Fsp3) is 0.625. The summed E-state index contributed by atoms with van der Waals surface area (Å²) in [6.45, 7) is 0.565. The van der Waals surface area contributed by atoms with Gasteiger partial charge in [-0.15, -0.1) is 0 Å². The molecule has 2 N–H and O–H groups in total. The summed E-state index contributed by atoms with van der Waals surface area (Å²) >= 11 is 1.51. The first-order chi connectivity index (χ1) is 6.15. The van der Waals surface area contributed by atoms with Gasteiger partial charge >= 0.3 is 0 Å². The minimum Gasteiger partial charge on any atom is -0.386 e. The number of aliphatic hydroxyl groups is 1. The number of aliphatic hydroxyl groups excluding tert-OH is 1. The van der Waals surface area contributed by atoms with E-state index in [1.807, 2.05) is 26.0 Å². The van der Waals surface area contributed by atoms with Gasteiger partial charge in [0, 0.05) is 26.8 Å². The van der Waals surface area contributed by atoms with Crippen molar-refractivity contribution in [3.05, 3.63) is 11.1 Å². The van der Waals surface area contributed by atoms with Crippen molar-refractivity contribution in [3.8, 4) is 0 Å². The Balaban J connectivity index is 2.67. The Kier molecular flexibility index (Phi) is 3.65. The van der Waals surface area contributed by atoms with Gasteiger partial charge in [-0.1, -0.05) is 11.3 Å². The van der Waals surface area contributed by atoms with Gasteiger partial charge in [-0.25, -0.2) is 4.98 Å². The third kappa shape index (κ3) is 2.65. The molecule has 0 aliphatic heterocycles. The van der Waals surface area contributed by atoms with Crippen LogP contribution in [0.3, 0.4) is 0 Å². The van der Waals surface area contributed by atoms with Crippen molar-refractivity contribution in [1.29, 1.82) is 0 Å². The number of hydrogen-bond donors (Lipinski definition) is 2. The van der Waals surface area contributed by atoms with E-state index in [4.69, 9.17) is 0 Å². The number of anilines is 1. The minimum atomic E-state index is -0.448. The van der Waals surface area contributed by atoms with E-state index in [1.54, 1.807) is 6.20 Å². The minimum absolute atomic E-state index is 0.448. The maximum Gasteiger partial charge on any atom is 0.185 e. The molecule has 0 saturated heterocycles. The first-order valence-electron chi connectivity index (χ1n) is 4.11. The highest BCUT2D eigenvalue weighted by Gasteiger charge is 2.11. The predicted octanol–water partition coefficient (Wildman–Crippen LogP) is 0.462. The summed E-state index contributed by atoms with van der Waals surface area (Å²) < 4.78 is 0. The lowest BCUT2D eigenvalue weighted by Gasteiger charge is -2.07. The van der Waals surface area contributed by atoms with Crippen LogP contribution in [0, 0.1) is 0 Å². The van der Waals surface area contributed by atoms with Gasteiger partial charge < -0.3 is 15.3 Å². The molecule has 0 amide bonds. The summed E-state index contributed by atoms with van der Waals surface area (Å²) in [5, 5.41) is 13.4. The van der Waals surface area contributed by atoms with E-state index in [9.17, 15) is 5.11 Å². The second-order valence-electron chi connectivity index (χ2n) is 3.01. The zero-order chi connectivity index (χ0) is 9.84. The maximum atomic E-state index is 9.61. The van der Waals surface area contributed by atoms with Gasteiger partial charge in [0.05, 0.1) is 4.88 Å². The Bertz CT molecular complexity index is 262. The molecular formula is C8H15N3OS. The van der Waals surface area contributed by atoms with Gasteiger partial charge in [0.15, 0.2) is 5.13 Å². The molecule has 1 heterocycles. The van der Waals surface area contributed by atoms with E-state index in [-0.39, 0.29) is 0 Å². The molecule has 1 rings (SSSR count). The van der Waals surface area contributed by atoms with Crippen LogP contribution < -0.4 is 10.2 Å². The van der Waals surface area contributed by atoms with E-state index in [0.717, 1.165) is 10.0 Å². The molecule has 1 aromatic rings. The third-order valence-corrected chi connectivity index (χ3v) is 2.89. The third-order valence-electron chi connectivity index (χ3n) is 1.62. The molecule has 5 heteroatoms. The van der Waals surface area contributed by atoms with Crippen LogP contribution in [0.2, 0.25) is 0 Å². The molecule has 0 spiro atoms. The molecule has 0 aliphatic carbocycles. The van der Waals surface area contributed by atoms with Crippen LogP contribution >= 0.6 is 11.3 Å². The van der Waals surface area contributed by atoms with Crippen molar-refractivity contribution in [3.63, 3.8) is 0 Å². The van der Waals surface area contributed by atoms with Gasteiger partial charge in [-0.05, 0) is 7.05 Å². The second-order valence-corrected chi connectivity index (χ2v) is 4.05. The number of hydrogen-bond acceptors (Lipinski definition) is 5. The van der Waals surface area contributed by atoms with Gasteiger partial charge in [0.2, 0.25) is 0 Å². The smallest absolute Gasteiger partial charge is 0.185 e. The summed E-state index contributed by atoms with van der Waals surface area (Å²) in [6, 6.07) is 0. The average Bonchev–Trinajstić information content (AvgIpc) is 2.52. The number of nitrogens with zero attached hydrogens (tertiary/aromatic N) is 2. The standard InChI is InChI=1S/C8H15N3OS/c1-9-4-6(12)7-5-10-8(13-7)11(2)3/h5-6,9,12H,4H2,1-3H3. The zero-order valence-electron chi connectivity index (χ0n) is 8.11. The molecule has 0 aliphatic rings. The summed E-state index contributed by atoms with van der Waals surface area (Å²) in [6.07, 6.45) is 1.28. The van der Waals surface area contributed by atoms with Crippen molar-refractivity contribution in [2.24, 2.45) is 0 Å². The molecule has 1 unspecified atom stereocenters. The fourth-order valence-corrected chi connectivity index (χ4v) is 1.76. The predicted molar refractivity (Wildman–Crippen MR) is 55.3 cm³/mol. The lowest BCUT2D eigenvalue weighted by molar-refractivity contribution is 0.181. The van der Waals surface area contributed by atoms with E-state index in [0.29, 0.717) is 6.54 Å². The second kappa shape index (κ2) is 4.55. The SMILES string of the molecule is CNCC(O)c1cnc(N(C)C)s1. The van der Waals surface area contributed by atoms with Crippen molar-refractivity contribution in [1.82, 2.24) is 10.3 Å². The number of thiazole rings is 1. The fourth-order valence-electron chi connectivity index (χ4n) is 0.932. The molecule has 0 bridgehead atoms. The van der Waals surface area contributed by atoms with Crippen LogP contribution in [-0.2, 0) is 0 Å². The molecule has 0 fully saturated rings. The van der Waals surface area contributed by atoms with Crippen LogP contribution in [0.15, 0.2) is 6.20 Å². The number of aromatic nitrogens is 1. The van der Waals surface area contributed by atoms with E-state index < -0.39 is 6.10 Å². The van der Waals surface area contributed by atoms with Gasteiger partial charge in [-0.3, -0.25) is 0 Å². The van der Waals surface area contributed by atoms with Gasteiger partial charge in [0.25, 0.3) is 0 Å². The van der Waals surface area contributed by atoms with Crippen LogP contribution in [0.5, 0.6) is 0 Å². The first kappa shape index (κ1) is 10.4. The largest absolute Gasteiger partial charge is 0.386 e. The Morgan fingerprint density at radius 3 is 2.85 bits per heavy atom. The van der Waals surface area contributed by atoms with Gasteiger partial charge in [-0.2, -0.15) is 0 Å². The van der Waals surface area contributed by atoms with Crippen molar-refractivity contribution in [2.75, 3.05) is 32.6 Å². The molecule has 0 radical (unpaired) electrons. The quantitative estimate of drug-likeness (QED) is 0.743. The molecular weight excluding hydrogens is 186 g/mol. The van der Waals surface area contributed by atoms with Crippen LogP contribution in [0.1, 0.15) is 11.0 Å². The van der Waals surface area contributed by atoms with Crippen LogP contribution in [0.25, 0.3) is 0 Å². The van der Waals surface area contributed by atoms with E-state index >= 15 is 0 Å². The molecule has 1 aromatic heterocycles. The highest BCUT2D eigenvalue weighted by atomic mass is 32.1. The zero-order valence-corrected chi connectivity index (χ0v) is 8.93. The molecule has 0 saturated carbocycles. The average molecular weight is 201 g/mol.